The van der Waals surface area contributed by atoms with E-state index in [9.17, 15) is 18.0 Å². The summed E-state index contributed by atoms with van der Waals surface area (Å²) in [5.74, 6) is -3.22. The van der Waals surface area contributed by atoms with E-state index >= 15 is 0 Å². The fourth-order valence-corrected chi connectivity index (χ4v) is 3.18. The van der Waals surface area contributed by atoms with Crippen molar-refractivity contribution >= 4 is 40.8 Å². The number of carboxylic acids is 1. The highest BCUT2D eigenvalue weighted by molar-refractivity contribution is 6.42. The van der Waals surface area contributed by atoms with Crippen LogP contribution in [-0.2, 0) is 11.2 Å². The van der Waals surface area contributed by atoms with E-state index in [0.717, 1.165) is 0 Å². The number of carboxylic acid groups (broad SMARTS) is 1. The first kappa shape index (κ1) is 19.9. The molecule has 10 heteroatoms. The molecule has 144 valence electrons. The number of carbonyl (C=O) groups is 1. The van der Waals surface area contributed by atoms with Crippen molar-refractivity contribution in [2.45, 2.75) is 18.7 Å². The second-order valence-electron chi connectivity index (χ2n) is 5.80. The zero-order chi connectivity index (χ0) is 19.9. The SMILES string of the molecule is O=C(O)C1Cc2cc(Cl)c(Oc3ccc(Cl)c(Cl)c3)cc2OC1C(F)(F)F. The fourth-order valence-electron chi connectivity index (χ4n) is 2.67. The van der Waals surface area contributed by atoms with Crippen LogP contribution in [0.5, 0.6) is 17.2 Å². The highest BCUT2D eigenvalue weighted by atomic mass is 35.5. The molecule has 1 heterocycles. The summed E-state index contributed by atoms with van der Waals surface area (Å²) in [6.07, 6.45) is -7.69. The van der Waals surface area contributed by atoms with Gasteiger partial charge in [-0.05, 0) is 30.2 Å². The van der Waals surface area contributed by atoms with Crippen LogP contribution in [0, 0.1) is 5.92 Å². The van der Waals surface area contributed by atoms with E-state index in [1.54, 1.807) is 0 Å². The van der Waals surface area contributed by atoms with Gasteiger partial charge >= 0.3 is 12.1 Å². The highest BCUT2D eigenvalue weighted by Crippen LogP contribution is 2.43. The molecule has 2 aromatic carbocycles. The van der Waals surface area contributed by atoms with Crippen molar-refractivity contribution in [1.82, 2.24) is 0 Å². The van der Waals surface area contributed by atoms with Crippen LogP contribution in [0.15, 0.2) is 30.3 Å². The maximum atomic E-state index is 13.2. The Morgan fingerprint density at radius 2 is 1.81 bits per heavy atom. The number of hydrogen-bond acceptors (Lipinski definition) is 3. The van der Waals surface area contributed by atoms with Crippen LogP contribution in [0.3, 0.4) is 0 Å². The smallest absolute Gasteiger partial charge is 0.426 e. The van der Waals surface area contributed by atoms with Crippen LogP contribution in [-0.4, -0.2) is 23.4 Å². The predicted octanol–water partition coefficient (Wildman–Crippen LogP) is 6.01. The maximum absolute atomic E-state index is 13.2. The summed E-state index contributed by atoms with van der Waals surface area (Å²) < 4.78 is 50.1. The molecule has 0 amide bonds. The Hall–Kier alpha value is -1.83. The van der Waals surface area contributed by atoms with Crippen LogP contribution >= 0.6 is 34.8 Å². The molecular weight excluding hydrogens is 432 g/mol. The molecule has 1 N–H and O–H groups in total. The second kappa shape index (κ2) is 7.30. The minimum atomic E-state index is -4.84. The lowest BCUT2D eigenvalue weighted by Gasteiger charge is -2.32. The average Bonchev–Trinajstić information content (AvgIpc) is 2.57. The van der Waals surface area contributed by atoms with E-state index < -0.39 is 24.2 Å². The molecule has 0 aliphatic carbocycles. The number of benzene rings is 2. The van der Waals surface area contributed by atoms with Crippen molar-refractivity contribution in [3.63, 3.8) is 0 Å². The van der Waals surface area contributed by atoms with E-state index in [2.05, 4.69) is 0 Å². The standard InChI is InChI=1S/C17H10Cl3F3O4/c18-10-2-1-8(5-11(10)19)26-14-6-13-7(4-12(14)20)3-9(16(24)25)15(27-13)17(21,22)23/h1-2,4-6,9,15H,3H2,(H,24,25). The Morgan fingerprint density at radius 1 is 1.11 bits per heavy atom. The molecule has 0 fully saturated rings. The van der Waals surface area contributed by atoms with E-state index in [1.807, 2.05) is 0 Å². The average molecular weight is 442 g/mol. The molecule has 3 rings (SSSR count). The van der Waals surface area contributed by atoms with Gasteiger partial charge in [-0.15, -0.1) is 0 Å². The van der Waals surface area contributed by atoms with Gasteiger partial charge in [-0.3, -0.25) is 4.79 Å². The first-order valence-electron chi connectivity index (χ1n) is 7.47. The van der Waals surface area contributed by atoms with Gasteiger partial charge in [0.25, 0.3) is 0 Å². The molecular formula is C17H10Cl3F3O4. The summed E-state index contributed by atoms with van der Waals surface area (Å²) in [6.45, 7) is 0. The summed E-state index contributed by atoms with van der Waals surface area (Å²) in [6, 6.07) is 6.92. The Bertz CT molecular complexity index is 902. The lowest BCUT2D eigenvalue weighted by atomic mass is 9.90. The molecule has 0 bridgehead atoms. The number of halogens is 6. The van der Waals surface area contributed by atoms with Gasteiger partial charge in [0.05, 0.1) is 15.1 Å². The zero-order valence-corrected chi connectivity index (χ0v) is 15.5. The number of ether oxygens (including phenoxy) is 2. The number of rotatable bonds is 3. The van der Waals surface area contributed by atoms with Crippen molar-refractivity contribution < 1.29 is 32.5 Å². The number of hydrogen-bond donors (Lipinski definition) is 1. The summed E-state index contributed by atoms with van der Waals surface area (Å²) in [5, 5.41) is 9.71. The fraction of sp³-hybridized carbons (Fsp3) is 0.235. The van der Waals surface area contributed by atoms with Gasteiger partial charge in [-0.25, -0.2) is 0 Å². The van der Waals surface area contributed by atoms with Crippen LogP contribution < -0.4 is 9.47 Å². The van der Waals surface area contributed by atoms with Gasteiger partial charge < -0.3 is 14.6 Å². The van der Waals surface area contributed by atoms with Crippen molar-refractivity contribution in [3.8, 4) is 17.2 Å². The summed E-state index contributed by atoms with van der Waals surface area (Å²) in [5.41, 5.74) is 0.245. The summed E-state index contributed by atoms with van der Waals surface area (Å²) in [4.78, 5) is 11.2. The van der Waals surface area contributed by atoms with Crippen molar-refractivity contribution in [2.75, 3.05) is 0 Å². The van der Waals surface area contributed by atoms with Crippen molar-refractivity contribution in [2.24, 2.45) is 5.92 Å². The Labute approximate surface area is 166 Å². The van der Waals surface area contributed by atoms with Crippen molar-refractivity contribution in [1.29, 1.82) is 0 Å². The molecule has 0 radical (unpaired) electrons. The predicted molar refractivity (Wildman–Crippen MR) is 93.3 cm³/mol. The monoisotopic (exact) mass is 440 g/mol. The largest absolute Gasteiger partial charge is 0.481 e. The van der Waals surface area contributed by atoms with Gasteiger partial charge in [-0.1, -0.05) is 34.8 Å². The molecule has 4 nitrogen and oxygen atoms in total. The zero-order valence-electron chi connectivity index (χ0n) is 13.2. The van der Waals surface area contributed by atoms with Gasteiger partial charge in [-0.2, -0.15) is 13.2 Å². The number of fused-ring (bicyclic) bond motifs is 1. The van der Waals surface area contributed by atoms with Gasteiger partial charge in [0.15, 0.2) is 0 Å². The summed E-state index contributed by atoms with van der Waals surface area (Å²) in [7, 11) is 0. The molecule has 0 spiro atoms. The highest BCUT2D eigenvalue weighted by Gasteiger charge is 2.52. The molecule has 1 aliphatic heterocycles. The molecule has 2 aromatic rings. The third-order valence-corrected chi connectivity index (χ3v) is 4.97. The van der Waals surface area contributed by atoms with E-state index in [4.69, 9.17) is 49.4 Å². The van der Waals surface area contributed by atoms with Gasteiger partial charge in [0, 0.05) is 12.1 Å². The molecule has 0 saturated heterocycles. The third-order valence-electron chi connectivity index (χ3n) is 3.93. The first-order valence-corrected chi connectivity index (χ1v) is 8.61. The quantitative estimate of drug-likeness (QED) is 0.634. The van der Waals surface area contributed by atoms with Gasteiger partial charge in [0.2, 0.25) is 6.10 Å². The van der Waals surface area contributed by atoms with E-state index in [0.29, 0.717) is 5.02 Å². The van der Waals surface area contributed by atoms with Crippen LogP contribution in [0.25, 0.3) is 0 Å². The van der Waals surface area contributed by atoms with E-state index in [-0.39, 0.29) is 39.3 Å². The normalized spacial score (nSPS) is 19.2. The molecule has 0 aromatic heterocycles. The summed E-state index contributed by atoms with van der Waals surface area (Å²) >= 11 is 17.8. The maximum Gasteiger partial charge on any atom is 0.426 e. The topological polar surface area (TPSA) is 55.8 Å². The number of aliphatic carboxylic acids is 1. The second-order valence-corrected chi connectivity index (χ2v) is 7.02. The van der Waals surface area contributed by atoms with Crippen LogP contribution in [0.2, 0.25) is 15.1 Å². The lowest BCUT2D eigenvalue weighted by Crippen LogP contribution is -2.47. The molecule has 2 atom stereocenters. The van der Waals surface area contributed by atoms with Crippen molar-refractivity contribution in [3.05, 3.63) is 51.0 Å². The third kappa shape index (κ3) is 4.20. The first-order chi connectivity index (χ1) is 12.6. The Balaban J connectivity index is 1.95. The number of alkyl halides is 3. The molecule has 27 heavy (non-hydrogen) atoms. The molecule has 2 unspecified atom stereocenters. The minimum absolute atomic E-state index is 0.0310. The van der Waals surface area contributed by atoms with Crippen LogP contribution in [0.4, 0.5) is 13.2 Å². The van der Waals surface area contributed by atoms with E-state index in [1.165, 1.54) is 30.3 Å². The molecule has 0 saturated carbocycles. The minimum Gasteiger partial charge on any atom is -0.481 e. The Morgan fingerprint density at radius 3 is 2.41 bits per heavy atom. The van der Waals surface area contributed by atoms with Gasteiger partial charge in [0.1, 0.15) is 23.2 Å². The lowest BCUT2D eigenvalue weighted by molar-refractivity contribution is -0.217. The van der Waals surface area contributed by atoms with Crippen LogP contribution in [0.1, 0.15) is 5.56 Å². The molecule has 1 aliphatic rings. The Kier molecular flexibility index (Phi) is 5.38.